The SMILES string of the molecule is O=C(COc1ccc(Cl)cc1)N1CC(n2cc(Cn3nccn3)nn2)C1. The Labute approximate surface area is 154 Å². The van der Waals surface area contributed by atoms with Crippen LogP contribution in [0, 0.1) is 0 Å². The van der Waals surface area contributed by atoms with Crippen molar-refractivity contribution in [3.8, 4) is 5.75 Å². The van der Waals surface area contributed by atoms with Gasteiger partial charge in [0.15, 0.2) is 6.61 Å². The Hall–Kier alpha value is -2.94. The van der Waals surface area contributed by atoms with Crippen LogP contribution in [-0.2, 0) is 11.3 Å². The van der Waals surface area contributed by atoms with Gasteiger partial charge in [0.05, 0.1) is 24.6 Å². The van der Waals surface area contributed by atoms with E-state index in [-0.39, 0.29) is 18.6 Å². The Morgan fingerprint density at radius 2 is 1.92 bits per heavy atom. The van der Waals surface area contributed by atoms with E-state index in [1.807, 2.05) is 6.20 Å². The minimum atomic E-state index is -0.0581. The molecule has 0 saturated carbocycles. The summed E-state index contributed by atoms with van der Waals surface area (Å²) in [6.07, 6.45) is 5.10. The number of aromatic nitrogens is 6. The first kappa shape index (κ1) is 16.5. The van der Waals surface area contributed by atoms with Gasteiger partial charge in [0.1, 0.15) is 18.0 Å². The predicted molar refractivity (Wildman–Crippen MR) is 91.7 cm³/mol. The average Bonchev–Trinajstić information content (AvgIpc) is 3.26. The number of carbonyl (C=O) groups is 1. The maximum absolute atomic E-state index is 12.2. The molecule has 4 rings (SSSR count). The molecule has 0 bridgehead atoms. The van der Waals surface area contributed by atoms with Gasteiger partial charge >= 0.3 is 0 Å². The highest BCUT2D eigenvalue weighted by Gasteiger charge is 2.32. The van der Waals surface area contributed by atoms with Gasteiger partial charge in [-0.3, -0.25) is 4.79 Å². The van der Waals surface area contributed by atoms with E-state index in [1.165, 1.54) is 0 Å². The molecular formula is C16H16ClN7O2. The number of halogens is 1. The molecule has 2 aromatic heterocycles. The lowest BCUT2D eigenvalue weighted by Crippen LogP contribution is -2.52. The molecule has 1 amide bonds. The van der Waals surface area contributed by atoms with E-state index in [4.69, 9.17) is 16.3 Å². The van der Waals surface area contributed by atoms with Crippen molar-refractivity contribution < 1.29 is 9.53 Å². The Balaban J connectivity index is 1.25. The van der Waals surface area contributed by atoms with E-state index in [0.29, 0.717) is 30.4 Å². The number of ether oxygens (including phenoxy) is 1. The van der Waals surface area contributed by atoms with Crippen molar-refractivity contribution in [2.45, 2.75) is 12.6 Å². The molecule has 3 heterocycles. The lowest BCUT2D eigenvalue weighted by atomic mass is 10.1. The Morgan fingerprint density at radius 1 is 1.19 bits per heavy atom. The maximum atomic E-state index is 12.2. The summed E-state index contributed by atoms with van der Waals surface area (Å²) < 4.78 is 7.26. The fourth-order valence-electron chi connectivity index (χ4n) is 2.63. The third-order valence-corrected chi connectivity index (χ3v) is 4.34. The van der Waals surface area contributed by atoms with Crippen LogP contribution >= 0.6 is 11.6 Å². The van der Waals surface area contributed by atoms with Crippen molar-refractivity contribution in [3.63, 3.8) is 0 Å². The number of carbonyl (C=O) groups excluding carboxylic acids is 1. The number of likely N-dealkylation sites (tertiary alicyclic amines) is 1. The average molecular weight is 374 g/mol. The van der Waals surface area contributed by atoms with Gasteiger partial charge in [-0.05, 0) is 24.3 Å². The molecule has 9 nitrogen and oxygen atoms in total. The molecule has 1 saturated heterocycles. The quantitative estimate of drug-likeness (QED) is 0.641. The first-order valence-corrected chi connectivity index (χ1v) is 8.46. The highest BCUT2D eigenvalue weighted by Crippen LogP contribution is 2.21. The van der Waals surface area contributed by atoms with E-state index in [1.54, 1.807) is 51.0 Å². The number of nitrogens with zero attached hydrogens (tertiary/aromatic N) is 7. The Morgan fingerprint density at radius 3 is 2.65 bits per heavy atom. The third kappa shape index (κ3) is 3.67. The number of hydrogen-bond acceptors (Lipinski definition) is 6. The van der Waals surface area contributed by atoms with Gasteiger partial charge < -0.3 is 9.64 Å². The molecule has 0 atom stereocenters. The molecule has 0 aliphatic carbocycles. The van der Waals surface area contributed by atoms with E-state index in [9.17, 15) is 4.79 Å². The predicted octanol–water partition coefficient (Wildman–Crippen LogP) is 1.03. The lowest BCUT2D eigenvalue weighted by Gasteiger charge is -2.38. The molecule has 0 unspecified atom stereocenters. The molecule has 10 heteroatoms. The van der Waals surface area contributed by atoms with Crippen LogP contribution < -0.4 is 4.74 Å². The zero-order valence-electron chi connectivity index (χ0n) is 13.8. The van der Waals surface area contributed by atoms with Gasteiger partial charge in [0.2, 0.25) is 0 Å². The second-order valence-corrected chi connectivity index (χ2v) is 6.38. The fraction of sp³-hybridized carbons (Fsp3) is 0.312. The van der Waals surface area contributed by atoms with Gasteiger partial charge in [-0.15, -0.1) is 5.10 Å². The van der Waals surface area contributed by atoms with Crippen molar-refractivity contribution in [2.24, 2.45) is 0 Å². The second kappa shape index (κ2) is 7.12. The van der Waals surface area contributed by atoms with Gasteiger partial charge in [-0.25, -0.2) is 4.68 Å². The third-order valence-electron chi connectivity index (χ3n) is 4.09. The van der Waals surface area contributed by atoms with Crippen LogP contribution in [0.15, 0.2) is 42.9 Å². The van der Waals surface area contributed by atoms with Crippen LogP contribution in [0.3, 0.4) is 0 Å². The number of benzene rings is 1. The standard InChI is InChI=1S/C16H16ClN7O2/c17-12-1-3-15(4-2-12)26-11-16(25)22-9-14(10-22)23-7-13(20-21-23)8-24-18-5-6-19-24/h1-7,14H,8-11H2. The topological polar surface area (TPSA) is 91.0 Å². The van der Waals surface area contributed by atoms with Gasteiger partial charge in [0, 0.05) is 18.1 Å². The largest absolute Gasteiger partial charge is 0.484 e. The van der Waals surface area contributed by atoms with Crippen molar-refractivity contribution in [1.29, 1.82) is 0 Å². The van der Waals surface area contributed by atoms with E-state index >= 15 is 0 Å². The van der Waals surface area contributed by atoms with Crippen LogP contribution in [0.4, 0.5) is 0 Å². The molecule has 134 valence electrons. The van der Waals surface area contributed by atoms with Crippen molar-refractivity contribution in [2.75, 3.05) is 19.7 Å². The molecule has 1 aliphatic heterocycles. The minimum Gasteiger partial charge on any atom is -0.484 e. The molecular weight excluding hydrogens is 358 g/mol. The lowest BCUT2D eigenvalue weighted by molar-refractivity contribution is -0.139. The molecule has 1 aromatic carbocycles. The maximum Gasteiger partial charge on any atom is 0.260 e. The summed E-state index contributed by atoms with van der Waals surface area (Å²) in [5.41, 5.74) is 0.775. The molecule has 1 fully saturated rings. The number of rotatable bonds is 6. The summed E-state index contributed by atoms with van der Waals surface area (Å²) in [5.74, 6) is 0.560. The molecule has 0 N–H and O–H groups in total. The van der Waals surface area contributed by atoms with Crippen LogP contribution in [0.5, 0.6) is 5.75 Å². The summed E-state index contributed by atoms with van der Waals surface area (Å²) in [4.78, 5) is 15.4. The molecule has 3 aromatic rings. The smallest absolute Gasteiger partial charge is 0.260 e. The number of hydrogen-bond donors (Lipinski definition) is 0. The van der Waals surface area contributed by atoms with Gasteiger partial charge in [-0.2, -0.15) is 15.0 Å². The van der Waals surface area contributed by atoms with Crippen molar-refractivity contribution in [3.05, 3.63) is 53.6 Å². The normalized spacial score (nSPS) is 14.3. The first-order chi connectivity index (χ1) is 12.7. The van der Waals surface area contributed by atoms with E-state index in [0.717, 1.165) is 5.69 Å². The Kier molecular flexibility index (Phi) is 4.53. The monoisotopic (exact) mass is 373 g/mol. The summed E-state index contributed by atoms with van der Waals surface area (Å²) in [6.45, 7) is 1.65. The summed E-state index contributed by atoms with van der Waals surface area (Å²) in [7, 11) is 0. The minimum absolute atomic E-state index is 0.00191. The zero-order valence-corrected chi connectivity index (χ0v) is 14.5. The summed E-state index contributed by atoms with van der Waals surface area (Å²) >= 11 is 5.82. The van der Waals surface area contributed by atoms with Crippen LogP contribution in [-0.4, -0.2) is 60.5 Å². The molecule has 0 spiro atoms. The highest BCUT2D eigenvalue weighted by atomic mass is 35.5. The Bertz CT molecular complexity index is 872. The molecule has 0 radical (unpaired) electrons. The van der Waals surface area contributed by atoms with Crippen molar-refractivity contribution >= 4 is 17.5 Å². The second-order valence-electron chi connectivity index (χ2n) is 5.94. The first-order valence-electron chi connectivity index (χ1n) is 8.08. The van der Waals surface area contributed by atoms with E-state index in [2.05, 4.69) is 20.5 Å². The van der Waals surface area contributed by atoms with E-state index < -0.39 is 0 Å². The summed E-state index contributed by atoms with van der Waals surface area (Å²) in [6, 6.07) is 7.05. The van der Waals surface area contributed by atoms with Crippen molar-refractivity contribution in [1.82, 2.24) is 34.9 Å². The zero-order chi connectivity index (χ0) is 17.9. The van der Waals surface area contributed by atoms with Gasteiger partial charge in [-0.1, -0.05) is 16.8 Å². The molecule has 26 heavy (non-hydrogen) atoms. The summed E-state index contributed by atoms with van der Waals surface area (Å²) in [5, 5.41) is 17.0. The van der Waals surface area contributed by atoms with Crippen LogP contribution in [0.25, 0.3) is 0 Å². The highest BCUT2D eigenvalue weighted by molar-refractivity contribution is 6.30. The fourth-order valence-corrected chi connectivity index (χ4v) is 2.75. The molecule has 1 aliphatic rings. The van der Waals surface area contributed by atoms with Crippen LogP contribution in [0.1, 0.15) is 11.7 Å². The van der Waals surface area contributed by atoms with Crippen LogP contribution in [0.2, 0.25) is 5.02 Å². The van der Waals surface area contributed by atoms with Gasteiger partial charge in [0.25, 0.3) is 5.91 Å². The number of amides is 1.